The number of nitrogens with zero attached hydrogens (tertiary/aromatic N) is 4. The van der Waals surface area contributed by atoms with Crippen LogP contribution < -0.4 is 4.90 Å². The van der Waals surface area contributed by atoms with Crippen LogP contribution in [0.5, 0.6) is 0 Å². The molecule has 0 saturated heterocycles. The first-order valence-electron chi connectivity index (χ1n) is 15.3. The van der Waals surface area contributed by atoms with Crippen LogP contribution in [0.3, 0.4) is 0 Å². The smallest absolute Gasteiger partial charge is 0.167 e. The van der Waals surface area contributed by atoms with Gasteiger partial charge in [0.2, 0.25) is 0 Å². The predicted molar refractivity (Wildman–Crippen MR) is 180 cm³/mol. The Bertz CT molecular complexity index is 2180. The molecule has 0 spiro atoms. The summed E-state index contributed by atoms with van der Waals surface area (Å²) in [5, 5.41) is 1.10. The summed E-state index contributed by atoms with van der Waals surface area (Å²) < 4.78 is 6.78. The average molecular weight is 581 g/mol. The van der Waals surface area contributed by atoms with Crippen LogP contribution in [0, 0.1) is 6.92 Å². The summed E-state index contributed by atoms with van der Waals surface area (Å²) in [4.78, 5) is 17.4. The van der Waals surface area contributed by atoms with Crippen LogP contribution in [0.2, 0.25) is 0 Å². The lowest BCUT2D eigenvalue weighted by atomic mass is 9.82. The first-order chi connectivity index (χ1) is 22.2. The third kappa shape index (κ3) is 4.12. The zero-order valence-electron chi connectivity index (χ0n) is 24.6. The van der Waals surface area contributed by atoms with Crippen LogP contribution in [0.25, 0.3) is 51.2 Å². The van der Waals surface area contributed by atoms with Gasteiger partial charge in [-0.1, -0.05) is 103 Å². The van der Waals surface area contributed by atoms with Crippen molar-refractivity contribution in [1.29, 1.82) is 0 Å². The van der Waals surface area contributed by atoms with E-state index in [1.807, 2.05) is 60.7 Å². The predicted octanol–water partition coefficient (Wildman–Crippen LogP) is 9.61. The number of hydrogen-bond donors (Lipinski definition) is 0. The summed E-state index contributed by atoms with van der Waals surface area (Å²) in [5.74, 6) is 2.88. The van der Waals surface area contributed by atoms with Gasteiger partial charge in [-0.25, -0.2) is 15.0 Å². The van der Waals surface area contributed by atoms with Gasteiger partial charge in [-0.05, 0) is 54.5 Å². The Hall–Kier alpha value is -5.81. The average Bonchev–Trinajstić information content (AvgIpc) is 3.64. The van der Waals surface area contributed by atoms with Gasteiger partial charge in [-0.3, -0.25) is 0 Å². The Kier molecular flexibility index (Phi) is 5.78. The first kappa shape index (κ1) is 25.7. The second-order valence-electron chi connectivity index (χ2n) is 11.7. The van der Waals surface area contributed by atoms with Gasteiger partial charge in [0.05, 0.1) is 11.6 Å². The molecule has 9 rings (SSSR count). The van der Waals surface area contributed by atoms with Gasteiger partial charge in [0.1, 0.15) is 11.3 Å². The van der Waals surface area contributed by atoms with Crippen molar-refractivity contribution in [2.75, 3.05) is 4.90 Å². The van der Waals surface area contributed by atoms with Crippen LogP contribution in [-0.4, -0.2) is 21.0 Å². The summed E-state index contributed by atoms with van der Waals surface area (Å²) in [6, 6.07) is 44.1. The van der Waals surface area contributed by atoms with Crippen LogP contribution in [0.4, 0.5) is 11.4 Å². The molecule has 0 bridgehead atoms. The molecule has 2 aliphatic rings. The lowest BCUT2D eigenvalue weighted by Gasteiger charge is -2.30. The minimum Gasteiger partial charge on any atom is -0.456 e. The van der Waals surface area contributed by atoms with Crippen molar-refractivity contribution in [3.8, 4) is 34.2 Å². The molecule has 0 N–H and O–H groups in total. The summed E-state index contributed by atoms with van der Waals surface area (Å²) in [7, 11) is 0. The quantitative estimate of drug-likeness (QED) is 0.207. The van der Waals surface area contributed by atoms with Crippen LogP contribution in [0.1, 0.15) is 28.4 Å². The summed E-state index contributed by atoms with van der Waals surface area (Å²) in [6.07, 6.45) is 4.44. The molecule has 0 fully saturated rings. The van der Waals surface area contributed by atoms with E-state index in [1.54, 1.807) is 0 Å². The molecule has 1 aliphatic carbocycles. The molecular formula is C40H28N4O. The molecule has 7 aromatic rings. The molecule has 45 heavy (non-hydrogen) atoms. The van der Waals surface area contributed by atoms with E-state index in [0.29, 0.717) is 17.5 Å². The maximum atomic E-state index is 6.78. The Balaban J connectivity index is 1.26. The molecule has 1 aliphatic heterocycles. The second kappa shape index (κ2) is 10.1. The number of aromatic nitrogens is 3. The first-order valence-corrected chi connectivity index (χ1v) is 15.3. The second-order valence-corrected chi connectivity index (χ2v) is 11.7. The number of benzene rings is 5. The van der Waals surface area contributed by atoms with Crippen molar-refractivity contribution in [3.63, 3.8) is 0 Å². The van der Waals surface area contributed by atoms with Crippen molar-refractivity contribution in [2.24, 2.45) is 0 Å². The van der Waals surface area contributed by atoms with Crippen LogP contribution in [-0.2, 0) is 0 Å². The molecule has 2 atom stereocenters. The highest BCUT2D eigenvalue weighted by atomic mass is 16.3. The normalized spacial score (nSPS) is 16.4. The molecule has 0 amide bonds. The Morgan fingerprint density at radius 2 is 1.24 bits per heavy atom. The maximum Gasteiger partial charge on any atom is 0.167 e. The number of para-hydroxylation sites is 2. The Morgan fingerprint density at radius 3 is 1.93 bits per heavy atom. The topological polar surface area (TPSA) is 55.1 Å². The van der Waals surface area contributed by atoms with E-state index in [2.05, 4.69) is 90.7 Å². The molecule has 2 unspecified atom stereocenters. The zero-order chi connectivity index (χ0) is 29.9. The molecular weight excluding hydrogens is 552 g/mol. The molecule has 2 aromatic heterocycles. The summed E-state index contributed by atoms with van der Waals surface area (Å²) >= 11 is 0. The number of fused-ring (bicyclic) bond motifs is 7. The van der Waals surface area contributed by atoms with E-state index >= 15 is 0 Å². The van der Waals surface area contributed by atoms with Gasteiger partial charge in [-0.2, -0.15) is 0 Å². The molecule has 0 radical (unpaired) electrons. The highest BCUT2D eigenvalue weighted by molar-refractivity contribution is 5.98. The van der Waals surface area contributed by atoms with Crippen LogP contribution in [0.15, 0.2) is 138 Å². The van der Waals surface area contributed by atoms with Gasteiger partial charge in [0.15, 0.2) is 17.5 Å². The molecule has 5 aromatic carbocycles. The lowest BCUT2D eigenvalue weighted by Crippen LogP contribution is -2.30. The van der Waals surface area contributed by atoms with E-state index in [0.717, 1.165) is 39.0 Å². The number of hydrogen-bond acceptors (Lipinski definition) is 5. The number of aryl methyl sites for hydroxylation is 1. The van der Waals surface area contributed by atoms with E-state index in [9.17, 15) is 0 Å². The zero-order valence-corrected chi connectivity index (χ0v) is 24.6. The third-order valence-electron chi connectivity index (χ3n) is 8.90. The minimum absolute atomic E-state index is 0.121. The maximum absolute atomic E-state index is 6.78. The summed E-state index contributed by atoms with van der Waals surface area (Å²) in [5.41, 5.74) is 9.61. The molecule has 5 heteroatoms. The number of rotatable bonds is 4. The van der Waals surface area contributed by atoms with E-state index in [-0.39, 0.29) is 12.0 Å². The van der Waals surface area contributed by atoms with Gasteiger partial charge in [0, 0.05) is 39.4 Å². The molecule has 214 valence electrons. The van der Waals surface area contributed by atoms with E-state index in [4.69, 9.17) is 19.4 Å². The summed E-state index contributed by atoms with van der Waals surface area (Å²) in [6.45, 7) is 2.13. The highest BCUT2D eigenvalue weighted by Gasteiger charge is 2.43. The molecule has 0 saturated carbocycles. The van der Waals surface area contributed by atoms with Crippen molar-refractivity contribution >= 4 is 28.4 Å². The highest BCUT2D eigenvalue weighted by Crippen LogP contribution is 2.54. The van der Waals surface area contributed by atoms with Crippen molar-refractivity contribution < 1.29 is 4.42 Å². The van der Waals surface area contributed by atoms with Gasteiger partial charge in [0.25, 0.3) is 0 Å². The van der Waals surface area contributed by atoms with Crippen molar-refractivity contribution in [2.45, 2.75) is 18.9 Å². The largest absolute Gasteiger partial charge is 0.456 e. The van der Waals surface area contributed by atoms with Gasteiger partial charge >= 0.3 is 0 Å². The third-order valence-corrected chi connectivity index (χ3v) is 8.90. The number of anilines is 2. The van der Waals surface area contributed by atoms with E-state index in [1.165, 1.54) is 22.5 Å². The molecule has 3 heterocycles. The van der Waals surface area contributed by atoms with Gasteiger partial charge in [-0.15, -0.1) is 0 Å². The van der Waals surface area contributed by atoms with Crippen LogP contribution >= 0.6 is 0 Å². The fourth-order valence-corrected chi connectivity index (χ4v) is 6.99. The SMILES string of the molecule is Cc1cc(-c2nc(-c3ccccc3)nc(-c3ccccc3)n2)c2oc3c(c2c1)C1c2ccccc2N(c2ccccc2)C1C=C3. The van der Waals surface area contributed by atoms with Crippen molar-refractivity contribution in [3.05, 3.63) is 156 Å². The lowest BCUT2D eigenvalue weighted by molar-refractivity contribution is 0.584. The number of furan rings is 1. The fraction of sp³-hybridized carbons (Fsp3) is 0.0750. The monoisotopic (exact) mass is 580 g/mol. The Morgan fingerprint density at radius 1 is 0.644 bits per heavy atom. The fourth-order valence-electron chi connectivity index (χ4n) is 6.99. The van der Waals surface area contributed by atoms with E-state index < -0.39 is 0 Å². The minimum atomic E-state index is 0.121. The van der Waals surface area contributed by atoms with Crippen molar-refractivity contribution in [1.82, 2.24) is 15.0 Å². The standard InChI is InChI=1S/C40H28N4O/c1-25-23-30-36-34(22-21-33-35(36)29-19-11-12-20-32(29)44(33)28-17-9-4-10-18-28)45-37(30)31(24-25)40-42-38(26-13-5-2-6-14-26)41-39(43-40)27-15-7-3-8-16-27/h2-24,33,35H,1H3. The van der Waals surface area contributed by atoms with Gasteiger partial charge < -0.3 is 9.32 Å². The Labute approximate surface area is 261 Å². The molecule has 5 nitrogen and oxygen atoms in total.